The lowest BCUT2D eigenvalue weighted by atomic mass is 9.97. The van der Waals surface area contributed by atoms with Crippen LogP contribution in [0.5, 0.6) is 0 Å². The summed E-state index contributed by atoms with van der Waals surface area (Å²) in [6, 6.07) is 16.0. The van der Waals surface area contributed by atoms with E-state index in [4.69, 9.17) is 10.3 Å². The van der Waals surface area contributed by atoms with Gasteiger partial charge in [-0.3, -0.25) is 10.0 Å². The molecule has 31 heavy (non-hydrogen) atoms. The molecule has 0 aliphatic heterocycles. The van der Waals surface area contributed by atoms with E-state index in [-0.39, 0.29) is 13.0 Å². The number of hydroxylamine groups is 1. The first kappa shape index (κ1) is 23.2. The number of rotatable bonds is 9. The third kappa shape index (κ3) is 5.42. The Morgan fingerprint density at radius 2 is 1.71 bits per heavy atom. The molecule has 1 fully saturated rings. The molecule has 2 aromatic rings. The zero-order chi connectivity index (χ0) is 22.6. The summed E-state index contributed by atoms with van der Waals surface area (Å²) >= 11 is 0. The summed E-state index contributed by atoms with van der Waals surface area (Å²) in [5.74, 6) is -0.0121. The van der Waals surface area contributed by atoms with Crippen molar-refractivity contribution in [2.24, 2.45) is 11.8 Å². The maximum Gasteiger partial charge on any atom is 0.264 e. The molecule has 0 saturated heterocycles. The molecule has 0 radical (unpaired) electrons. The van der Waals surface area contributed by atoms with Crippen molar-refractivity contribution in [3.8, 4) is 11.1 Å². The normalized spacial score (nSPS) is 20.4. The lowest BCUT2D eigenvalue weighted by Crippen LogP contribution is -2.49. The highest BCUT2D eigenvalue weighted by Crippen LogP contribution is 2.39. The first-order chi connectivity index (χ1) is 14.7. The van der Waals surface area contributed by atoms with E-state index < -0.39 is 20.5 Å². The van der Waals surface area contributed by atoms with Crippen LogP contribution >= 0.6 is 0 Å². The third-order valence-corrected chi connectivity index (χ3v) is 8.26. The molecule has 0 aromatic heterocycles. The Morgan fingerprint density at radius 3 is 2.19 bits per heavy atom. The molecule has 1 aliphatic carbocycles. The smallest absolute Gasteiger partial charge is 0.264 e. The summed E-state index contributed by atoms with van der Waals surface area (Å²) < 4.78 is 22.5. The number of carbonyl (C=O) groups excluding carboxylic acids is 1. The second kappa shape index (κ2) is 9.34. The van der Waals surface area contributed by atoms with Gasteiger partial charge in [0.25, 0.3) is 5.91 Å². The van der Waals surface area contributed by atoms with Crippen LogP contribution in [0.15, 0.2) is 54.6 Å². The van der Waals surface area contributed by atoms with Crippen molar-refractivity contribution >= 4 is 21.8 Å². The van der Waals surface area contributed by atoms with Crippen LogP contribution in [0.25, 0.3) is 17.2 Å². The van der Waals surface area contributed by atoms with Crippen LogP contribution in [0.1, 0.15) is 30.9 Å². The molecular formula is C24H29NO5S. The second-order valence-corrected chi connectivity index (χ2v) is 10.9. The van der Waals surface area contributed by atoms with Gasteiger partial charge in [-0.2, -0.15) is 0 Å². The molecule has 0 spiro atoms. The number of allylic oxidation sites excluding steroid dienone is 1. The van der Waals surface area contributed by atoms with E-state index in [0.29, 0.717) is 18.3 Å². The van der Waals surface area contributed by atoms with Gasteiger partial charge in [0.05, 0.1) is 0 Å². The van der Waals surface area contributed by atoms with Crippen molar-refractivity contribution in [1.29, 1.82) is 0 Å². The first-order valence-corrected chi connectivity index (χ1v) is 12.2. The molecule has 166 valence electrons. The van der Waals surface area contributed by atoms with E-state index in [9.17, 15) is 13.2 Å². The Balaban J connectivity index is 1.64. The molecule has 0 bridgehead atoms. The SMILES string of the molecule is CC(CCc1ccc(-c2ccc(C=C[C@H]3C[C@@H]3CO)cc2)cc1)(C(=O)NO)S(C)(=O)=O. The minimum atomic E-state index is -3.70. The van der Waals surface area contributed by atoms with Gasteiger partial charge in [-0.1, -0.05) is 60.7 Å². The van der Waals surface area contributed by atoms with Crippen molar-refractivity contribution in [2.75, 3.05) is 12.9 Å². The van der Waals surface area contributed by atoms with Crippen molar-refractivity contribution in [2.45, 2.75) is 30.9 Å². The van der Waals surface area contributed by atoms with Gasteiger partial charge in [0.1, 0.15) is 4.75 Å². The lowest BCUT2D eigenvalue weighted by Gasteiger charge is -2.25. The standard InChI is InChI=1S/C24H29NO5S/c1-24(23(27)25-28,31(2,29)30)14-13-18-5-10-20(11-6-18)19-8-3-17(4-9-19)7-12-21-15-22(21)16-26/h3-12,21-22,26,28H,13-16H2,1-2H3,(H,25,27)/t21-,22+,24?/m0/s1. The van der Waals surface area contributed by atoms with Crippen molar-refractivity contribution < 1.29 is 23.5 Å². The van der Waals surface area contributed by atoms with Crippen LogP contribution < -0.4 is 5.48 Å². The van der Waals surface area contributed by atoms with E-state index in [0.717, 1.165) is 34.9 Å². The number of nitrogens with one attached hydrogen (secondary N) is 1. The molecular weight excluding hydrogens is 414 g/mol. The largest absolute Gasteiger partial charge is 0.396 e. The first-order valence-electron chi connectivity index (χ1n) is 10.3. The number of aryl methyl sites for hydroxylation is 1. The summed E-state index contributed by atoms with van der Waals surface area (Å²) in [5, 5.41) is 18.0. The maximum atomic E-state index is 12.1. The van der Waals surface area contributed by atoms with Crippen molar-refractivity contribution in [1.82, 2.24) is 5.48 Å². The molecule has 1 amide bonds. The van der Waals surface area contributed by atoms with Crippen molar-refractivity contribution in [3.63, 3.8) is 0 Å². The zero-order valence-corrected chi connectivity index (χ0v) is 18.6. The van der Waals surface area contributed by atoms with Gasteiger partial charge in [0.15, 0.2) is 9.84 Å². The van der Waals surface area contributed by atoms with Gasteiger partial charge in [0.2, 0.25) is 0 Å². The van der Waals surface area contributed by atoms with Gasteiger partial charge < -0.3 is 5.11 Å². The third-order valence-electron chi connectivity index (χ3n) is 6.24. The summed E-state index contributed by atoms with van der Waals surface area (Å²) in [6.45, 7) is 1.58. The molecule has 1 saturated carbocycles. The van der Waals surface area contributed by atoms with Crippen LogP contribution in [0.3, 0.4) is 0 Å². The zero-order valence-electron chi connectivity index (χ0n) is 17.8. The molecule has 2 aromatic carbocycles. The predicted molar refractivity (Wildman–Crippen MR) is 121 cm³/mol. The molecule has 6 nitrogen and oxygen atoms in total. The average molecular weight is 444 g/mol. The van der Waals surface area contributed by atoms with Gasteiger partial charge in [-0.15, -0.1) is 0 Å². The predicted octanol–water partition coefficient (Wildman–Crippen LogP) is 3.24. The fourth-order valence-corrected chi connectivity index (χ4v) is 4.43. The minimum Gasteiger partial charge on any atom is -0.396 e. The van der Waals surface area contributed by atoms with Gasteiger partial charge >= 0.3 is 0 Å². The number of sulfone groups is 1. The average Bonchev–Trinajstić information content (AvgIpc) is 3.54. The molecule has 3 atom stereocenters. The topological polar surface area (TPSA) is 104 Å². The Morgan fingerprint density at radius 1 is 1.13 bits per heavy atom. The second-order valence-electron chi connectivity index (χ2n) is 8.46. The summed E-state index contributed by atoms with van der Waals surface area (Å²) in [5.41, 5.74) is 5.61. The molecule has 1 unspecified atom stereocenters. The van der Waals surface area contributed by atoms with Gasteiger partial charge in [-0.05, 0) is 60.3 Å². The summed E-state index contributed by atoms with van der Waals surface area (Å²) in [4.78, 5) is 11.9. The van der Waals surface area contributed by atoms with E-state index in [1.54, 1.807) is 0 Å². The Bertz CT molecular complexity index is 1040. The fraction of sp³-hybridized carbons (Fsp3) is 0.375. The molecule has 1 aliphatic rings. The Kier molecular flexibility index (Phi) is 6.99. The molecule has 0 heterocycles. The number of amides is 1. The van der Waals surface area contributed by atoms with Gasteiger partial charge in [-0.25, -0.2) is 13.9 Å². The number of aliphatic hydroxyl groups is 1. The highest BCUT2D eigenvalue weighted by atomic mass is 32.2. The van der Waals surface area contributed by atoms with Crippen LogP contribution in [-0.4, -0.2) is 42.2 Å². The lowest BCUT2D eigenvalue weighted by molar-refractivity contribution is -0.131. The minimum absolute atomic E-state index is 0.0662. The van der Waals surface area contributed by atoms with E-state index in [1.165, 1.54) is 12.4 Å². The molecule has 3 rings (SSSR count). The Hall–Kier alpha value is -2.48. The Labute approximate surface area is 183 Å². The van der Waals surface area contributed by atoms with E-state index in [2.05, 4.69) is 36.4 Å². The van der Waals surface area contributed by atoms with Crippen LogP contribution in [0, 0.1) is 11.8 Å². The fourth-order valence-electron chi connectivity index (χ4n) is 3.57. The monoisotopic (exact) mass is 443 g/mol. The number of hydrogen-bond acceptors (Lipinski definition) is 5. The van der Waals surface area contributed by atoms with E-state index >= 15 is 0 Å². The highest BCUT2D eigenvalue weighted by Gasteiger charge is 2.43. The van der Waals surface area contributed by atoms with Crippen LogP contribution in [0.2, 0.25) is 0 Å². The van der Waals surface area contributed by atoms with Crippen LogP contribution in [0.4, 0.5) is 0 Å². The molecule has 7 heteroatoms. The quantitative estimate of drug-likeness (QED) is 0.408. The van der Waals surface area contributed by atoms with Crippen molar-refractivity contribution in [3.05, 3.63) is 65.7 Å². The van der Waals surface area contributed by atoms with Gasteiger partial charge in [0, 0.05) is 12.9 Å². The highest BCUT2D eigenvalue weighted by molar-refractivity contribution is 7.92. The summed E-state index contributed by atoms with van der Waals surface area (Å²) in [6.07, 6.45) is 6.76. The number of benzene rings is 2. The number of carbonyl (C=O) groups is 1. The van der Waals surface area contributed by atoms with Crippen LogP contribution in [-0.2, 0) is 21.1 Å². The molecule has 3 N–H and O–H groups in total. The van der Waals surface area contributed by atoms with E-state index in [1.807, 2.05) is 24.3 Å². The number of aliphatic hydroxyl groups excluding tert-OH is 1. The maximum absolute atomic E-state index is 12.1. The number of hydrogen-bond donors (Lipinski definition) is 3. The summed E-state index contributed by atoms with van der Waals surface area (Å²) in [7, 11) is -3.70.